The van der Waals surface area contributed by atoms with Gasteiger partial charge < -0.3 is 15.2 Å². The van der Waals surface area contributed by atoms with Crippen LogP contribution in [0.5, 0.6) is 0 Å². The van der Waals surface area contributed by atoms with Gasteiger partial charge in [0.05, 0.1) is 18.9 Å². The number of methoxy groups -OCH3 is 1. The van der Waals surface area contributed by atoms with Crippen LogP contribution in [0.1, 0.15) is 20.3 Å². The van der Waals surface area contributed by atoms with E-state index in [1.54, 1.807) is 13.8 Å². The summed E-state index contributed by atoms with van der Waals surface area (Å²) >= 11 is 0. The molecule has 0 aromatic rings. The molecule has 82 valence electrons. The second-order valence-electron chi connectivity index (χ2n) is 3.69. The van der Waals surface area contributed by atoms with Crippen LogP contribution >= 0.6 is 0 Å². The van der Waals surface area contributed by atoms with Crippen molar-refractivity contribution in [3.63, 3.8) is 0 Å². The van der Waals surface area contributed by atoms with Gasteiger partial charge >= 0.3 is 11.9 Å². The predicted octanol–water partition coefficient (Wildman–Crippen LogP) is 0.250. The second kappa shape index (κ2) is 5.59. The fourth-order valence-electron chi connectivity index (χ4n) is 0.769. The summed E-state index contributed by atoms with van der Waals surface area (Å²) in [4.78, 5) is 21.4. The van der Waals surface area contributed by atoms with Crippen LogP contribution < -0.4 is 5.32 Å². The van der Waals surface area contributed by atoms with Gasteiger partial charge in [-0.25, -0.2) is 0 Å². The van der Waals surface area contributed by atoms with Crippen molar-refractivity contribution in [3.8, 4) is 0 Å². The number of ether oxygens (including phenoxy) is 1. The van der Waals surface area contributed by atoms with Crippen LogP contribution in [0.3, 0.4) is 0 Å². The van der Waals surface area contributed by atoms with Gasteiger partial charge in [0.15, 0.2) is 0 Å². The lowest BCUT2D eigenvalue weighted by Crippen LogP contribution is -2.36. The molecule has 0 unspecified atom stereocenters. The maximum atomic E-state index is 10.7. The van der Waals surface area contributed by atoms with Gasteiger partial charge in [0, 0.05) is 13.1 Å². The van der Waals surface area contributed by atoms with Crippen LogP contribution in [0.15, 0.2) is 0 Å². The minimum Gasteiger partial charge on any atom is -0.481 e. The molecule has 0 radical (unpaired) electrons. The van der Waals surface area contributed by atoms with Crippen molar-refractivity contribution in [1.82, 2.24) is 5.32 Å². The number of hydrogen-bond acceptors (Lipinski definition) is 4. The molecule has 0 spiro atoms. The Morgan fingerprint density at radius 2 is 2.00 bits per heavy atom. The Hall–Kier alpha value is -1.10. The third-order valence-corrected chi connectivity index (χ3v) is 1.88. The molecule has 2 N–H and O–H groups in total. The molecule has 5 nitrogen and oxygen atoms in total. The smallest absolute Gasteiger partial charge is 0.310 e. The molecule has 0 aliphatic rings. The first-order chi connectivity index (χ1) is 6.40. The highest BCUT2D eigenvalue weighted by Gasteiger charge is 2.26. The first-order valence-electron chi connectivity index (χ1n) is 4.41. The van der Waals surface area contributed by atoms with Gasteiger partial charge in [0.1, 0.15) is 0 Å². The molecule has 5 heteroatoms. The van der Waals surface area contributed by atoms with E-state index in [4.69, 9.17) is 5.11 Å². The van der Waals surface area contributed by atoms with Crippen LogP contribution in [-0.4, -0.2) is 37.2 Å². The summed E-state index contributed by atoms with van der Waals surface area (Å²) in [5.41, 5.74) is -0.809. The Kier molecular flexibility index (Phi) is 5.15. The van der Waals surface area contributed by atoms with Crippen LogP contribution in [0, 0.1) is 5.41 Å². The van der Waals surface area contributed by atoms with Crippen molar-refractivity contribution in [2.45, 2.75) is 20.3 Å². The van der Waals surface area contributed by atoms with Gasteiger partial charge in [-0.1, -0.05) is 0 Å². The largest absolute Gasteiger partial charge is 0.481 e. The highest BCUT2D eigenvalue weighted by atomic mass is 16.5. The summed E-state index contributed by atoms with van der Waals surface area (Å²) in [5, 5.41) is 11.7. The lowest BCUT2D eigenvalue weighted by molar-refractivity contribution is -0.146. The van der Waals surface area contributed by atoms with Crippen LogP contribution in [0.2, 0.25) is 0 Å². The molecule has 0 heterocycles. The molecule has 0 amide bonds. The van der Waals surface area contributed by atoms with Gasteiger partial charge in [-0.2, -0.15) is 0 Å². The summed E-state index contributed by atoms with van der Waals surface area (Å²) < 4.78 is 4.43. The molecular formula is C9H17NO4. The summed E-state index contributed by atoms with van der Waals surface area (Å²) in [6.45, 7) is 4.02. The van der Waals surface area contributed by atoms with E-state index in [9.17, 15) is 9.59 Å². The lowest BCUT2D eigenvalue weighted by atomic mass is 9.94. The fraction of sp³-hybridized carbons (Fsp3) is 0.778. The first kappa shape index (κ1) is 12.9. The lowest BCUT2D eigenvalue weighted by Gasteiger charge is -2.19. The third kappa shape index (κ3) is 4.81. The van der Waals surface area contributed by atoms with Gasteiger partial charge in [-0.05, 0) is 13.8 Å². The van der Waals surface area contributed by atoms with E-state index in [0.29, 0.717) is 13.1 Å². The molecule has 0 aromatic carbocycles. The molecule has 0 atom stereocenters. The number of carbonyl (C=O) groups is 2. The number of rotatable bonds is 6. The van der Waals surface area contributed by atoms with E-state index in [1.165, 1.54) is 7.11 Å². The molecule has 0 fully saturated rings. The van der Waals surface area contributed by atoms with Gasteiger partial charge in [0.2, 0.25) is 0 Å². The van der Waals surface area contributed by atoms with Crippen LogP contribution in [-0.2, 0) is 14.3 Å². The Labute approximate surface area is 83.4 Å². The topological polar surface area (TPSA) is 75.6 Å². The molecule has 0 aliphatic heterocycles. The van der Waals surface area contributed by atoms with Crippen molar-refractivity contribution in [2.24, 2.45) is 5.41 Å². The van der Waals surface area contributed by atoms with Gasteiger partial charge in [0.25, 0.3) is 0 Å². The van der Waals surface area contributed by atoms with E-state index < -0.39 is 11.4 Å². The maximum Gasteiger partial charge on any atom is 0.310 e. The summed E-state index contributed by atoms with van der Waals surface area (Å²) in [6.07, 6.45) is 0.256. The molecule has 0 saturated heterocycles. The number of nitrogens with one attached hydrogen (secondary N) is 1. The SMILES string of the molecule is COC(=O)CCNCC(C)(C)C(=O)O. The number of carboxylic acid groups (broad SMARTS) is 1. The van der Waals surface area contributed by atoms with E-state index in [0.717, 1.165) is 0 Å². The zero-order valence-electron chi connectivity index (χ0n) is 8.79. The maximum absolute atomic E-state index is 10.7. The van der Waals surface area contributed by atoms with Crippen molar-refractivity contribution in [2.75, 3.05) is 20.2 Å². The molecule has 0 rings (SSSR count). The third-order valence-electron chi connectivity index (χ3n) is 1.88. The second-order valence-corrected chi connectivity index (χ2v) is 3.69. The monoisotopic (exact) mass is 203 g/mol. The zero-order chi connectivity index (χ0) is 11.2. The molecule has 0 aromatic heterocycles. The minimum absolute atomic E-state index is 0.256. The van der Waals surface area contributed by atoms with Crippen molar-refractivity contribution in [3.05, 3.63) is 0 Å². The zero-order valence-corrected chi connectivity index (χ0v) is 8.79. The fourth-order valence-corrected chi connectivity index (χ4v) is 0.769. The Balaban J connectivity index is 3.64. The standard InChI is InChI=1S/C9H17NO4/c1-9(2,8(12)13)6-10-5-4-7(11)14-3/h10H,4-6H2,1-3H3,(H,12,13). The van der Waals surface area contributed by atoms with Crippen LogP contribution in [0.25, 0.3) is 0 Å². The average Bonchev–Trinajstić information content (AvgIpc) is 2.11. The van der Waals surface area contributed by atoms with Crippen molar-refractivity contribution < 1.29 is 19.4 Å². The van der Waals surface area contributed by atoms with Crippen molar-refractivity contribution in [1.29, 1.82) is 0 Å². The van der Waals surface area contributed by atoms with E-state index in [-0.39, 0.29) is 12.4 Å². The van der Waals surface area contributed by atoms with E-state index in [2.05, 4.69) is 10.1 Å². The van der Waals surface area contributed by atoms with Crippen LogP contribution in [0.4, 0.5) is 0 Å². The van der Waals surface area contributed by atoms with E-state index >= 15 is 0 Å². The highest BCUT2D eigenvalue weighted by Crippen LogP contribution is 2.12. The Morgan fingerprint density at radius 1 is 1.43 bits per heavy atom. The molecular weight excluding hydrogens is 186 g/mol. The normalized spacial score (nSPS) is 11.1. The van der Waals surface area contributed by atoms with Gasteiger partial charge in [-0.3, -0.25) is 9.59 Å². The minimum atomic E-state index is -0.858. The molecule has 0 bridgehead atoms. The molecule has 0 saturated carbocycles. The number of hydrogen-bond donors (Lipinski definition) is 2. The number of carboxylic acids is 1. The number of carbonyl (C=O) groups excluding carboxylic acids is 1. The quantitative estimate of drug-likeness (QED) is 0.478. The first-order valence-corrected chi connectivity index (χ1v) is 4.41. The predicted molar refractivity (Wildman–Crippen MR) is 50.9 cm³/mol. The molecule has 14 heavy (non-hydrogen) atoms. The van der Waals surface area contributed by atoms with E-state index in [1.807, 2.05) is 0 Å². The molecule has 0 aliphatic carbocycles. The Bertz CT molecular complexity index is 213. The Morgan fingerprint density at radius 3 is 2.43 bits per heavy atom. The average molecular weight is 203 g/mol. The summed E-state index contributed by atoms with van der Waals surface area (Å²) in [6, 6.07) is 0. The van der Waals surface area contributed by atoms with Gasteiger partial charge in [-0.15, -0.1) is 0 Å². The van der Waals surface area contributed by atoms with Crippen molar-refractivity contribution >= 4 is 11.9 Å². The number of esters is 1. The summed E-state index contributed by atoms with van der Waals surface area (Å²) in [7, 11) is 1.32. The number of aliphatic carboxylic acids is 1. The summed E-state index contributed by atoms with van der Waals surface area (Å²) in [5.74, 6) is -1.16. The highest BCUT2D eigenvalue weighted by molar-refractivity contribution is 5.73.